The average Bonchev–Trinajstić information content (AvgIpc) is 3.19. The lowest BCUT2D eigenvalue weighted by molar-refractivity contribution is -0.129. The molecule has 0 aromatic heterocycles. The highest BCUT2D eigenvalue weighted by atomic mass is 127. The number of likely N-dealkylation sites (tertiary alicyclic amines) is 1. The van der Waals surface area contributed by atoms with E-state index in [0.29, 0.717) is 43.3 Å². The maximum atomic E-state index is 12.2. The van der Waals surface area contributed by atoms with Crippen LogP contribution in [-0.4, -0.2) is 68.5 Å². The number of nitrogens with zero attached hydrogens (tertiary/aromatic N) is 2. The minimum Gasteiger partial charge on any atom is -0.497 e. The molecule has 1 heterocycles. The van der Waals surface area contributed by atoms with E-state index in [1.54, 1.807) is 31.4 Å². The van der Waals surface area contributed by atoms with Crippen LogP contribution in [0.5, 0.6) is 5.75 Å². The van der Waals surface area contributed by atoms with Gasteiger partial charge in [0, 0.05) is 44.2 Å². The van der Waals surface area contributed by atoms with Gasteiger partial charge < -0.3 is 25.6 Å². The fraction of sp³-hybridized carbons (Fsp3) is 0.550. The van der Waals surface area contributed by atoms with E-state index in [9.17, 15) is 9.59 Å². The predicted octanol–water partition coefficient (Wildman–Crippen LogP) is 1.61. The lowest BCUT2D eigenvalue weighted by Crippen LogP contribution is -2.45. The molecule has 1 atom stereocenters. The van der Waals surface area contributed by atoms with Gasteiger partial charge in [0.2, 0.25) is 5.91 Å². The Balaban J connectivity index is 0.00000420. The third-order valence-corrected chi connectivity index (χ3v) is 4.53. The van der Waals surface area contributed by atoms with Gasteiger partial charge >= 0.3 is 0 Å². The minimum absolute atomic E-state index is 0. The van der Waals surface area contributed by atoms with Gasteiger partial charge in [0.15, 0.2) is 5.96 Å². The van der Waals surface area contributed by atoms with E-state index in [0.717, 1.165) is 19.5 Å². The van der Waals surface area contributed by atoms with E-state index in [1.165, 1.54) is 0 Å². The number of guanidine groups is 1. The van der Waals surface area contributed by atoms with Crippen molar-refractivity contribution in [3.63, 3.8) is 0 Å². The maximum Gasteiger partial charge on any atom is 0.251 e. The summed E-state index contributed by atoms with van der Waals surface area (Å²) in [4.78, 5) is 30.4. The first-order valence-electron chi connectivity index (χ1n) is 9.82. The van der Waals surface area contributed by atoms with E-state index < -0.39 is 0 Å². The quantitative estimate of drug-likeness (QED) is 0.211. The predicted molar refractivity (Wildman–Crippen MR) is 125 cm³/mol. The molecule has 1 unspecified atom stereocenters. The van der Waals surface area contributed by atoms with Gasteiger partial charge in [-0.05, 0) is 31.5 Å². The van der Waals surface area contributed by atoms with Gasteiger partial charge in [-0.15, -0.1) is 24.0 Å². The minimum atomic E-state index is -0.156. The molecule has 0 aliphatic carbocycles. The first-order valence-corrected chi connectivity index (χ1v) is 9.82. The molecule has 9 heteroatoms. The van der Waals surface area contributed by atoms with Crippen LogP contribution >= 0.6 is 24.0 Å². The number of halogens is 1. The number of amides is 2. The second-order valence-corrected chi connectivity index (χ2v) is 6.57. The summed E-state index contributed by atoms with van der Waals surface area (Å²) in [6.07, 6.45) is 1.44. The Morgan fingerprint density at radius 3 is 2.76 bits per heavy atom. The van der Waals surface area contributed by atoms with Crippen LogP contribution in [0.25, 0.3) is 0 Å². The molecule has 162 valence electrons. The van der Waals surface area contributed by atoms with Gasteiger partial charge in [-0.3, -0.25) is 14.6 Å². The van der Waals surface area contributed by atoms with Crippen LogP contribution in [0.15, 0.2) is 29.3 Å². The maximum absolute atomic E-state index is 12.2. The number of carbonyl (C=O) groups excluding carboxylic acids is 2. The van der Waals surface area contributed by atoms with E-state index in [4.69, 9.17) is 4.74 Å². The summed E-state index contributed by atoms with van der Waals surface area (Å²) in [6.45, 7) is 6.99. The molecule has 0 spiro atoms. The fourth-order valence-electron chi connectivity index (χ4n) is 3.05. The molecule has 1 aromatic carbocycles. The van der Waals surface area contributed by atoms with Crippen molar-refractivity contribution in [1.29, 1.82) is 0 Å². The van der Waals surface area contributed by atoms with Crippen molar-refractivity contribution in [2.24, 2.45) is 4.99 Å². The van der Waals surface area contributed by atoms with Crippen LogP contribution in [0.4, 0.5) is 0 Å². The Kier molecular flexibility index (Phi) is 11.4. The molecule has 0 bridgehead atoms. The molecule has 2 rings (SSSR count). The van der Waals surface area contributed by atoms with Crippen molar-refractivity contribution in [2.75, 3.05) is 39.8 Å². The Hall–Kier alpha value is -2.04. The molecule has 0 radical (unpaired) electrons. The molecule has 1 aromatic rings. The SMILES string of the molecule is CCNC(=NCCNC(=O)c1cccc(OC)c1)NC1CCN(C(=O)CC)C1.I. The van der Waals surface area contributed by atoms with Crippen molar-refractivity contribution >= 4 is 41.8 Å². The van der Waals surface area contributed by atoms with Crippen LogP contribution in [-0.2, 0) is 4.79 Å². The monoisotopic (exact) mass is 517 g/mol. The summed E-state index contributed by atoms with van der Waals surface area (Å²) in [5.74, 6) is 1.38. The highest BCUT2D eigenvalue weighted by Gasteiger charge is 2.25. The molecular formula is C20H32IN5O3. The van der Waals surface area contributed by atoms with Gasteiger partial charge in [-0.25, -0.2) is 0 Å². The Labute approximate surface area is 189 Å². The van der Waals surface area contributed by atoms with E-state index in [1.807, 2.05) is 18.7 Å². The van der Waals surface area contributed by atoms with Gasteiger partial charge in [-0.2, -0.15) is 0 Å². The van der Waals surface area contributed by atoms with Gasteiger partial charge in [0.05, 0.1) is 13.7 Å². The molecule has 3 N–H and O–H groups in total. The average molecular weight is 517 g/mol. The van der Waals surface area contributed by atoms with Crippen molar-refractivity contribution in [2.45, 2.75) is 32.7 Å². The van der Waals surface area contributed by atoms with E-state index >= 15 is 0 Å². The van der Waals surface area contributed by atoms with Crippen molar-refractivity contribution in [3.8, 4) is 5.75 Å². The first-order chi connectivity index (χ1) is 13.6. The number of carbonyl (C=O) groups is 2. The Morgan fingerprint density at radius 2 is 2.07 bits per heavy atom. The number of aliphatic imine (C=N–C) groups is 1. The second-order valence-electron chi connectivity index (χ2n) is 6.57. The summed E-state index contributed by atoms with van der Waals surface area (Å²) in [7, 11) is 1.57. The number of nitrogens with one attached hydrogen (secondary N) is 3. The number of ether oxygens (including phenoxy) is 1. The standard InChI is InChI=1S/C20H31N5O3.HI/c1-4-18(26)25-12-9-16(14-25)24-20(21-5-2)23-11-10-22-19(27)15-7-6-8-17(13-15)28-3;/h6-8,13,16H,4-5,9-12,14H2,1-3H3,(H,22,27)(H2,21,23,24);1H. The summed E-state index contributed by atoms with van der Waals surface area (Å²) >= 11 is 0. The lowest BCUT2D eigenvalue weighted by atomic mass is 10.2. The normalized spacial score (nSPS) is 16.0. The van der Waals surface area contributed by atoms with Crippen molar-refractivity contribution in [1.82, 2.24) is 20.9 Å². The van der Waals surface area contributed by atoms with Crippen LogP contribution in [0, 0.1) is 0 Å². The highest BCUT2D eigenvalue weighted by Crippen LogP contribution is 2.12. The number of hydrogen-bond acceptors (Lipinski definition) is 4. The number of hydrogen-bond donors (Lipinski definition) is 3. The molecule has 1 aliphatic heterocycles. The summed E-state index contributed by atoms with van der Waals surface area (Å²) in [6, 6.07) is 7.23. The number of rotatable bonds is 8. The summed E-state index contributed by atoms with van der Waals surface area (Å²) < 4.78 is 5.14. The van der Waals surface area contributed by atoms with Gasteiger partial charge in [-0.1, -0.05) is 13.0 Å². The number of methoxy groups -OCH3 is 1. The molecule has 0 saturated carbocycles. The Bertz CT molecular complexity index is 698. The van der Waals surface area contributed by atoms with Crippen LogP contribution in [0.2, 0.25) is 0 Å². The van der Waals surface area contributed by atoms with Gasteiger partial charge in [0.25, 0.3) is 5.91 Å². The van der Waals surface area contributed by atoms with Gasteiger partial charge in [0.1, 0.15) is 5.75 Å². The summed E-state index contributed by atoms with van der Waals surface area (Å²) in [5, 5.41) is 9.45. The van der Waals surface area contributed by atoms with E-state index in [-0.39, 0.29) is 41.8 Å². The second kappa shape index (κ2) is 13.2. The molecule has 8 nitrogen and oxygen atoms in total. The third-order valence-electron chi connectivity index (χ3n) is 4.53. The lowest BCUT2D eigenvalue weighted by Gasteiger charge is -2.18. The summed E-state index contributed by atoms with van der Waals surface area (Å²) in [5.41, 5.74) is 0.556. The zero-order valence-corrected chi connectivity index (χ0v) is 19.7. The van der Waals surface area contributed by atoms with Crippen molar-refractivity contribution < 1.29 is 14.3 Å². The fourth-order valence-corrected chi connectivity index (χ4v) is 3.05. The van der Waals surface area contributed by atoms with E-state index in [2.05, 4.69) is 20.9 Å². The zero-order valence-electron chi connectivity index (χ0n) is 17.4. The Morgan fingerprint density at radius 1 is 1.28 bits per heavy atom. The van der Waals surface area contributed by atoms with Crippen LogP contribution in [0.1, 0.15) is 37.0 Å². The molecule has 2 amide bonds. The molecule has 1 aliphatic rings. The van der Waals surface area contributed by atoms with Crippen molar-refractivity contribution in [3.05, 3.63) is 29.8 Å². The first kappa shape index (κ1) is 25.0. The largest absolute Gasteiger partial charge is 0.497 e. The van der Waals surface area contributed by atoms with Crippen LogP contribution < -0.4 is 20.7 Å². The third kappa shape index (κ3) is 8.08. The smallest absolute Gasteiger partial charge is 0.251 e. The molecular weight excluding hydrogens is 485 g/mol. The molecule has 1 saturated heterocycles. The zero-order chi connectivity index (χ0) is 20.4. The van der Waals surface area contributed by atoms with Crippen LogP contribution in [0.3, 0.4) is 0 Å². The topological polar surface area (TPSA) is 95.1 Å². The number of benzene rings is 1. The molecule has 1 fully saturated rings. The highest BCUT2D eigenvalue weighted by molar-refractivity contribution is 14.0. The molecule has 29 heavy (non-hydrogen) atoms.